The van der Waals surface area contributed by atoms with Crippen molar-refractivity contribution in [2.24, 2.45) is 5.92 Å². The lowest BCUT2D eigenvalue weighted by atomic mass is 9.95. The highest BCUT2D eigenvalue weighted by atomic mass is 32.2. The molecular formula is C17H24N2O5S. The van der Waals surface area contributed by atoms with E-state index in [-0.39, 0.29) is 24.1 Å². The van der Waals surface area contributed by atoms with Crippen LogP contribution in [0.3, 0.4) is 0 Å². The normalized spacial score (nSPS) is 17.8. The summed E-state index contributed by atoms with van der Waals surface area (Å²) in [6.07, 6.45) is 0.905. The van der Waals surface area contributed by atoms with Gasteiger partial charge < -0.3 is 10.4 Å². The maximum atomic E-state index is 12.3. The van der Waals surface area contributed by atoms with Gasteiger partial charge in [0.1, 0.15) is 0 Å². The minimum absolute atomic E-state index is 0.0195. The highest BCUT2D eigenvalue weighted by molar-refractivity contribution is 7.89. The largest absolute Gasteiger partial charge is 0.481 e. The number of benzene rings is 1. The third-order valence-electron chi connectivity index (χ3n) is 4.56. The number of nitrogens with zero attached hydrogens (tertiary/aromatic N) is 1. The van der Waals surface area contributed by atoms with Gasteiger partial charge in [-0.15, -0.1) is 0 Å². The maximum absolute atomic E-state index is 12.3. The zero-order valence-electron chi connectivity index (χ0n) is 14.2. The summed E-state index contributed by atoms with van der Waals surface area (Å²) < 4.78 is 25.1. The molecule has 1 amide bonds. The molecule has 1 fully saturated rings. The summed E-state index contributed by atoms with van der Waals surface area (Å²) in [5, 5.41) is 12.1. The number of carbonyl (C=O) groups is 2. The van der Waals surface area contributed by atoms with Crippen molar-refractivity contribution in [1.29, 1.82) is 0 Å². The minimum atomic E-state index is -3.22. The molecule has 1 aliphatic rings. The summed E-state index contributed by atoms with van der Waals surface area (Å²) in [7, 11) is -3.22. The number of hydrogen-bond acceptors (Lipinski definition) is 4. The van der Waals surface area contributed by atoms with Gasteiger partial charge in [-0.25, -0.2) is 12.7 Å². The number of nitrogens with one attached hydrogen (secondary N) is 1. The van der Waals surface area contributed by atoms with E-state index in [0.29, 0.717) is 31.5 Å². The Labute approximate surface area is 148 Å². The molecule has 0 bridgehead atoms. The van der Waals surface area contributed by atoms with E-state index in [9.17, 15) is 23.1 Å². The Morgan fingerprint density at radius 2 is 1.84 bits per heavy atom. The summed E-state index contributed by atoms with van der Waals surface area (Å²) in [6.45, 7) is 2.28. The van der Waals surface area contributed by atoms with Gasteiger partial charge in [-0.1, -0.05) is 30.3 Å². The fourth-order valence-electron chi connectivity index (χ4n) is 2.96. The SMILES string of the molecule is CCS(=O)(=O)N1CCC(C(=O)NCC(C(=O)O)c2ccccc2)CC1. The van der Waals surface area contributed by atoms with Gasteiger partial charge in [0, 0.05) is 25.6 Å². The molecule has 1 unspecified atom stereocenters. The molecule has 138 valence electrons. The quantitative estimate of drug-likeness (QED) is 0.748. The van der Waals surface area contributed by atoms with Crippen molar-refractivity contribution >= 4 is 21.9 Å². The molecule has 7 nitrogen and oxygen atoms in total. The number of carbonyl (C=O) groups excluding carboxylic acids is 1. The van der Waals surface area contributed by atoms with Crippen LogP contribution >= 0.6 is 0 Å². The van der Waals surface area contributed by atoms with Crippen LogP contribution in [0.1, 0.15) is 31.2 Å². The summed E-state index contributed by atoms with van der Waals surface area (Å²) >= 11 is 0. The van der Waals surface area contributed by atoms with Gasteiger partial charge in [-0.05, 0) is 25.3 Å². The van der Waals surface area contributed by atoms with Crippen molar-refractivity contribution < 1.29 is 23.1 Å². The molecule has 1 aliphatic heterocycles. The number of hydrogen-bond donors (Lipinski definition) is 2. The van der Waals surface area contributed by atoms with Crippen LogP contribution < -0.4 is 5.32 Å². The summed E-state index contributed by atoms with van der Waals surface area (Å²) in [5.74, 6) is -2.23. The van der Waals surface area contributed by atoms with Gasteiger partial charge in [0.25, 0.3) is 0 Å². The first-order valence-electron chi connectivity index (χ1n) is 8.38. The first kappa shape index (κ1) is 19.4. The number of carboxylic acid groups (broad SMARTS) is 1. The number of rotatable bonds is 7. The standard InChI is InChI=1S/C17H24N2O5S/c1-2-25(23,24)19-10-8-14(9-11-19)16(20)18-12-15(17(21)22)13-6-4-3-5-7-13/h3-7,14-15H,2,8-12H2,1H3,(H,18,20)(H,21,22). The lowest BCUT2D eigenvalue weighted by molar-refractivity contribution is -0.138. The Morgan fingerprint density at radius 3 is 2.36 bits per heavy atom. The highest BCUT2D eigenvalue weighted by Gasteiger charge is 2.30. The molecule has 0 aromatic heterocycles. The van der Waals surface area contributed by atoms with Crippen molar-refractivity contribution in [3.8, 4) is 0 Å². The van der Waals surface area contributed by atoms with Gasteiger partial charge in [0.2, 0.25) is 15.9 Å². The molecule has 0 saturated carbocycles. The van der Waals surface area contributed by atoms with E-state index < -0.39 is 21.9 Å². The van der Waals surface area contributed by atoms with Crippen molar-refractivity contribution in [3.63, 3.8) is 0 Å². The lowest BCUT2D eigenvalue weighted by Crippen LogP contribution is -2.44. The number of amides is 1. The summed E-state index contributed by atoms with van der Waals surface area (Å²) in [5.41, 5.74) is 0.638. The van der Waals surface area contributed by atoms with E-state index in [1.165, 1.54) is 4.31 Å². The second-order valence-electron chi connectivity index (χ2n) is 6.12. The second-order valence-corrected chi connectivity index (χ2v) is 8.38. The zero-order valence-corrected chi connectivity index (χ0v) is 15.0. The minimum Gasteiger partial charge on any atom is -0.481 e. The second kappa shape index (κ2) is 8.44. The Kier molecular flexibility index (Phi) is 6.55. The Bertz CT molecular complexity index is 697. The van der Waals surface area contributed by atoms with Crippen molar-refractivity contribution in [3.05, 3.63) is 35.9 Å². The summed E-state index contributed by atoms with van der Waals surface area (Å²) in [6, 6.07) is 8.77. The van der Waals surface area contributed by atoms with Crippen LogP contribution in [0.2, 0.25) is 0 Å². The molecule has 25 heavy (non-hydrogen) atoms. The predicted molar refractivity (Wildman–Crippen MR) is 93.6 cm³/mol. The summed E-state index contributed by atoms with van der Waals surface area (Å²) in [4.78, 5) is 23.8. The van der Waals surface area contributed by atoms with E-state index in [4.69, 9.17) is 0 Å². The molecule has 1 saturated heterocycles. The molecular weight excluding hydrogens is 344 g/mol. The lowest BCUT2D eigenvalue weighted by Gasteiger charge is -2.30. The molecule has 1 heterocycles. The van der Waals surface area contributed by atoms with Crippen LogP contribution in [-0.4, -0.2) is 55.1 Å². The topological polar surface area (TPSA) is 104 Å². The Hall–Kier alpha value is -1.93. The molecule has 2 rings (SSSR count). The van der Waals surface area contributed by atoms with Crippen LogP contribution in [-0.2, 0) is 19.6 Å². The average molecular weight is 368 g/mol. The molecule has 0 radical (unpaired) electrons. The van der Waals surface area contributed by atoms with E-state index in [1.54, 1.807) is 37.3 Å². The molecule has 1 aromatic carbocycles. The van der Waals surface area contributed by atoms with Gasteiger partial charge in [0.15, 0.2) is 0 Å². The fraction of sp³-hybridized carbons (Fsp3) is 0.529. The third-order valence-corrected chi connectivity index (χ3v) is 6.44. The Morgan fingerprint density at radius 1 is 1.24 bits per heavy atom. The first-order valence-corrected chi connectivity index (χ1v) is 9.99. The monoisotopic (exact) mass is 368 g/mol. The van der Waals surface area contributed by atoms with Crippen molar-refractivity contribution in [1.82, 2.24) is 9.62 Å². The highest BCUT2D eigenvalue weighted by Crippen LogP contribution is 2.21. The zero-order chi connectivity index (χ0) is 18.4. The van der Waals surface area contributed by atoms with E-state index >= 15 is 0 Å². The van der Waals surface area contributed by atoms with E-state index in [2.05, 4.69) is 5.32 Å². The van der Waals surface area contributed by atoms with Gasteiger partial charge in [-0.2, -0.15) is 0 Å². The van der Waals surface area contributed by atoms with Crippen LogP contribution in [0, 0.1) is 5.92 Å². The van der Waals surface area contributed by atoms with Crippen molar-refractivity contribution in [2.75, 3.05) is 25.4 Å². The van der Waals surface area contributed by atoms with Crippen molar-refractivity contribution in [2.45, 2.75) is 25.7 Å². The third kappa shape index (κ3) is 5.02. The number of sulfonamides is 1. The molecule has 1 aromatic rings. The smallest absolute Gasteiger partial charge is 0.312 e. The van der Waals surface area contributed by atoms with Gasteiger partial charge in [0.05, 0.1) is 11.7 Å². The molecule has 0 aliphatic carbocycles. The molecule has 1 atom stereocenters. The molecule has 0 spiro atoms. The predicted octanol–water partition coefficient (Wildman–Crippen LogP) is 1.03. The van der Waals surface area contributed by atoms with Crippen LogP contribution in [0.25, 0.3) is 0 Å². The van der Waals surface area contributed by atoms with E-state index in [0.717, 1.165) is 0 Å². The van der Waals surface area contributed by atoms with Crippen LogP contribution in [0.15, 0.2) is 30.3 Å². The number of piperidine rings is 1. The first-order chi connectivity index (χ1) is 11.8. The van der Waals surface area contributed by atoms with Crippen LogP contribution in [0.4, 0.5) is 0 Å². The Balaban J connectivity index is 1.89. The van der Waals surface area contributed by atoms with Gasteiger partial charge in [-0.3, -0.25) is 9.59 Å². The molecule has 8 heteroatoms. The number of carboxylic acids is 1. The maximum Gasteiger partial charge on any atom is 0.312 e. The van der Waals surface area contributed by atoms with Crippen LogP contribution in [0.5, 0.6) is 0 Å². The van der Waals surface area contributed by atoms with Gasteiger partial charge >= 0.3 is 5.97 Å². The molecule has 2 N–H and O–H groups in total. The van der Waals surface area contributed by atoms with E-state index in [1.807, 2.05) is 0 Å². The average Bonchev–Trinajstić information content (AvgIpc) is 2.62. The number of aliphatic carboxylic acids is 1. The fourth-order valence-corrected chi connectivity index (χ4v) is 4.09.